The Kier molecular flexibility index (Phi) is 6.18. The molecule has 3 aromatic rings. The van der Waals surface area contributed by atoms with E-state index < -0.39 is 12.0 Å². The van der Waals surface area contributed by atoms with Crippen molar-refractivity contribution in [2.45, 2.75) is 18.6 Å². The van der Waals surface area contributed by atoms with Gasteiger partial charge in [0.05, 0.1) is 18.6 Å². The van der Waals surface area contributed by atoms with E-state index in [2.05, 4.69) is 5.32 Å². The smallest absolute Gasteiger partial charge is 0.250 e. The molecule has 0 bridgehead atoms. The van der Waals surface area contributed by atoms with Gasteiger partial charge < -0.3 is 15.0 Å². The molecule has 2 aromatic carbocycles. The van der Waals surface area contributed by atoms with Gasteiger partial charge in [-0.2, -0.15) is 0 Å². The minimum Gasteiger partial charge on any atom is -0.389 e. The predicted molar refractivity (Wildman–Crippen MR) is 104 cm³/mol. The fourth-order valence-corrected chi connectivity index (χ4v) is 3.01. The summed E-state index contributed by atoms with van der Waals surface area (Å²) in [5.41, 5.74) is 1.58. The van der Waals surface area contributed by atoms with E-state index in [1.54, 1.807) is 18.3 Å². The molecule has 5 heteroatoms. The van der Waals surface area contributed by atoms with Crippen molar-refractivity contribution in [2.75, 3.05) is 6.54 Å². The number of amides is 1. The molecule has 2 N–H and O–H groups in total. The molecule has 0 spiro atoms. The SMILES string of the molecule is O=C(NCC(O)Cn1ccccc1=O)C(c1ccccc1)c1ccccc1. The first-order chi connectivity index (χ1) is 13.1. The zero-order valence-corrected chi connectivity index (χ0v) is 14.9. The summed E-state index contributed by atoms with van der Waals surface area (Å²) in [6.45, 7) is 0.192. The second-order valence-electron chi connectivity index (χ2n) is 6.34. The fraction of sp³-hybridized carbons (Fsp3) is 0.182. The maximum absolute atomic E-state index is 12.9. The molecule has 1 heterocycles. The summed E-state index contributed by atoms with van der Waals surface area (Å²) < 4.78 is 1.42. The minimum absolute atomic E-state index is 0.0658. The number of aromatic nitrogens is 1. The second kappa shape index (κ2) is 8.96. The topological polar surface area (TPSA) is 71.3 Å². The Balaban J connectivity index is 1.70. The Labute approximate surface area is 157 Å². The molecule has 1 aromatic heterocycles. The van der Waals surface area contributed by atoms with Crippen LogP contribution in [-0.4, -0.2) is 28.2 Å². The van der Waals surface area contributed by atoms with Gasteiger partial charge in [0, 0.05) is 18.8 Å². The van der Waals surface area contributed by atoms with Gasteiger partial charge in [-0.25, -0.2) is 0 Å². The van der Waals surface area contributed by atoms with E-state index in [0.717, 1.165) is 11.1 Å². The first-order valence-corrected chi connectivity index (χ1v) is 8.86. The average molecular weight is 362 g/mol. The highest BCUT2D eigenvalue weighted by atomic mass is 16.3. The summed E-state index contributed by atoms with van der Waals surface area (Å²) in [4.78, 5) is 24.6. The number of carbonyl (C=O) groups is 1. The van der Waals surface area contributed by atoms with Crippen molar-refractivity contribution < 1.29 is 9.90 Å². The molecule has 3 rings (SSSR count). The lowest BCUT2D eigenvalue weighted by molar-refractivity contribution is -0.122. The summed E-state index contributed by atoms with van der Waals surface area (Å²) in [6.07, 6.45) is 0.755. The molecule has 5 nitrogen and oxygen atoms in total. The lowest BCUT2D eigenvalue weighted by Crippen LogP contribution is -2.38. The molecular formula is C22H22N2O3. The van der Waals surface area contributed by atoms with Crippen LogP contribution in [0.15, 0.2) is 89.9 Å². The monoisotopic (exact) mass is 362 g/mol. The van der Waals surface area contributed by atoms with Crippen molar-refractivity contribution in [3.05, 3.63) is 107 Å². The first-order valence-electron chi connectivity index (χ1n) is 8.86. The number of rotatable bonds is 7. The van der Waals surface area contributed by atoms with Crippen LogP contribution < -0.4 is 10.9 Å². The second-order valence-corrected chi connectivity index (χ2v) is 6.34. The largest absolute Gasteiger partial charge is 0.389 e. The molecular weight excluding hydrogens is 340 g/mol. The molecule has 0 aliphatic heterocycles. The van der Waals surface area contributed by atoms with E-state index >= 15 is 0 Å². The van der Waals surface area contributed by atoms with Crippen LogP contribution in [0.4, 0.5) is 0 Å². The molecule has 0 radical (unpaired) electrons. The number of benzene rings is 2. The number of pyridine rings is 1. The third kappa shape index (κ3) is 4.92. The molecule has 0 saturated heterocycles. The summed E-state index contributed by atoms with van der Waals surface area (Å²) in [6, 6.07) is 23.9. The summed E-state index contributed by atoms with van der Waals surface area (Å²) in [5, 5.41) is 13.0. The summed E-state index contributed by atoms with van der Waals surface area (Å²) in [7, 11) is 0. The number of hydrogen-bond donors (Lipinski definition) is 2. The maximum atomic E-state index is 12.9. The standard InChI is InChI=1S/C22H22N2O3/c25-19(16-24-14-8-7-13-20(24)26)15-23-22(27)21(17-9-3-1-4-10-17)18-11-5-2-6-12-18/h1-14,19,21,25H,15-16H2,(H,23,27). The van der Waals surface area contributed by atoms with Crippen molar-refractivity contribution in [3.63, 3.8) is 0 Å². The van der Waals surface area contributed by atoms with Gasteiger partial charge in [0.15, 0.2) is 0 Å². The third-order valence-electron chi connectivity index (χ3n) is 4.35. The number of aliphatic hydroxyl groups excluding tert-OH is 1. The Morgan fingerprint density at radius 1 is 0.889 bits per heavy atom. The third-order valence-corrected chi connectivity index (χ3v) is 4.35. The van der Waals surface area contributed by atoms with E-state index in [1.807, 2.05) is 60.7 Å². The molecule has 138 valence electrons. The van der Waals surface area contributed by atoms with Gasteiger partial charge in [0.25, 0.3) is 5.56 Å². The average Bonchev–Trinajstić information content (AvgIpc) is 2.70. The molecule has 1 atom stereocenters. The Morgan fingerprint density at radius 3 is 2.00 bits per heavy atom. The van der Waals surface area contributed by atoms with Crippen LogP contribution >= 0.6 is 0 Å². The van der Waals surface area contributed by atoms with Crippen LogP contribution in [0.3, 0.4) is 0 Å². The normalized spacial score (nSPS) is 11.9. The summed E-state index contributed by atoms with van der Waals surface area (Å²) >= 11 is 0. The fourth-order valence-electron chi connectivity index (χ4n) is 3.01. The van der Waals surface area contributed by atoms with Crippen LogP contribution in [0, 0.1) is 0 Å². The lowest BCUT2D eigenvalue weighted by atomic mass is 9.90. The first kappa shape index (κ1) is 18.6. The van der Waals surface area contributed by atoms with Gasteiger partial charge >= 0.3 is 0 Å². The predicted octanol–water partition coefficient (Wildman–Crippen LogP) is 2.16. The van der Waals surface area contributed by atoms with Gasteiger partial charge in [-0.1, -0.05) is 66.7 Å². The molecule has 27 heavy (non-hydrogen) atoms. The van der Waals surface area contributed by atoms with Gasteiger partial charge in [-0.05, 0) is 17.2 Å². The number of hydrogen-bond acceptors (Lipinski definition) is 3. The maximum Gasteiger partial charge on any atom is 0.250 e. The van der Waals surface area contributed by atoms with E-state index in [4.69, 9.17) is 0 Å². The lowest BCUT2D eigenvalue weighted by Gasteiger charge is -2.19. The Bertz CT molecular complexity index is 883. The molecule has 0 saturated carbocycles. The highest BCUT2D eigenvalue weighted by molar-refractivity contribution is 5.87. The Morgan fingerprint density at radius 2 is 1.44 bits per heavy atom. The number of nitrogens with zero attached hydrogens (tertiary/aromatic N) is 1. The molecule has 1 unspecified atom stereocenters. The van der Waals surface area contributed by atoms with Gasteiger partial charge in [-0.15, -0.1) is 0 Å². The highest BCUT2D eigenvalue weighted by Gasteiger charge is 2.22. The van der Waals surface area contributed by atoms with Crippen LogP contribution in [-0.2, 0) is 11.3 Å². The summed E-state index contributed by atoms with van der Waals surface area (Å²) in [5.74, 6) is -0.647. The van der Waals surface area contributed by atoms with Crippen LogP contribution in [0.2, 0.25) is 0 Å². The highest BCUT2D eigenvalue weighted by Crippen LogP contribution is 2.24. The van der Waals surface area contributed by atoms with Crippen molar-refractivity contribution in [1.29, 1.82) is 0 Å². The van der Waals surface area contributed by atoms with Crippen LogP contribution in [0.1, 0.15) is 17.0 Å². The van der Waals surface area contributed by atoms with Crippen LogP contribution in [0.25, 0.3) is 0 Å². The zero-order valence-electron chi connectivity index (χ0n) is 14.9. The van der Waals surface area contributed by atoms with E-state index in [0.29, 0.717) is 0 Å². The quantitative estimate of drug-likeness (QED) is 0.677. The van der Waals surface area contributed by atoms with Gasteiger partial charge in [-0.3, -0.25) is 9.59 Å². The van der Waals surface area contributed by atoms with E-state index in [9.17, 15) is 14.7 Å². The number of nitrogens with one attached hydrogen (secondary N) is 1. The molecule has 1 amide bonds. The van der Waals surface area contributed by atoms with Gasteiger partial charge in [0.2, 0.25) is 5.91 Å². The molecule has 0 fully saturated rings. The molecule has 0 aliphatic carbocycles. The van der Waals surface area contributed by atoms with E-state index in [-0.39, 0.29) is 24.6 Å². The minimum atomic E-state index is -0.860. The van der Waals surface area contributed by atoms with Crippen molar-refractivity contribution >= 4 is 5.91 Å². The Hall–Kier alpha value is -3.18. The van der Waals surface area contributed by atoms with Gasteiger partial charge in [0.1, 0.15) is 0 Å². The number of aliphatic hydroxyl groups is 1. The van der Waals surface area contributed by atoms with Crippen molar-refractivity contribution in [3.8, 4) is 0 Å². The van der Waals surface area contributed by atoms with E-state index in [1.165, 1.54) is 10.6 Å². The van der Waals surface area contributed by atoms with Crippen molar-refractivity contribution in [2.24, 2.45) is 0 Å². The molecule has 0 aliphatic rings. The number of carbonyl (C=O) groups excluding carboxylic acids is 1. The zero-order chi connectivity index (χ0) is 19.1. The van der Waals surface area contributed by atoms with Crippen molar-refractivity contribution in [1.82, 2.24) is 9.88 Å². The van der Waals surface area contributed by atoms with Crippen LogP contribution in [0.5, 0.6) is 0 Å².